The monoisotopic (exact) mass is 536 g/mol. The summed E-state index contributed by atoms with van der Waals surface area (Å²) < 4.78 is 20.5. The van der Waals surface area contributed by atoms with Gasteiger partial charge in [-0.1, -0.05) is 30.3 Å². The number of piperidine rings is 1. The highest BCUT2D eigenvalue weighted by molar-refractivity contribution is 5.84. The van der Waals surface area contributed by atoms with E-state index in [1.54, 1.807) is 18.3 Å². The summed E-state index contributed by atoms with van der Waals surface area (Å²) in [6, 6.07) is 14.2. The summed E-state index contributed by atoms with van der Waals surface area (Å²) in [7, 11) is 1.85. The number of para-hydroxylation sites is 1. The number of hydrogen-bond donors (Lipinski definition) is 3. The molecule has 0 saturated carbocycles. The molecule has 2 heterocycles. The number of nitrogens with one attached hydrogen (secondary N) is 1. The van der Waals surface area contributed by atoms with Gasteiger partial charge in [0.25, 0.3) is 0 Å². The maximum absolute atomic E-state index is 15.6. The summed E-state index contributed by atoms with van der Waals surface area (Å²) in [5.74, 6) is -0.762. The summed E-state index contributed by atoms with van der Waals surface area (Å²) in [5.41, 5.74) is 5.71. The first-order valence-electron chi connectivity index (χ1n) is 13.5. The van der Waals surface area contributed by atoms with Crippen LogP contribution in [-0.4, -0.2) is 60.3 Å². The van der Waals surface area contributed by atoms with Gasteiger partial charge in [0.05, 0.1) is 17.7 Å². The number of fused-ring (bicyclic) bond motifs is 1. The molecule has 1 saturated heterocycles. The molecule has 1 aliphatic rings. The number of carbonyl (C=O) groups excluding carboxylic acids is 2. The predicted molar refractivity (Wildman–Crippen MR) is 148 cm³/mol. The van der Waals surface area contributed by atoms with Gasteiger partial charge in [-0.05, 0) is 69.5 Å². The van der Waals surface area contributed by atoms with Gasteiger partial charge in [-0.3, -0.25) is 9.78 Å². The summed E-state index contributed by atoms with van der Waals surface area (Å²) >= 11 is 0. The van der Waals surface area contributed by atoms with Crippen LogP contribution in [0, 0.1) is 11.7 Å². The number of halogens is 1. The smallest absolute Gasteiger partial charge is 0.404 e. The fraction of sp³-hybridized carbons (Fsp3) is 0.433. The van der Waals surface area contributed by atoms with Crippen LogP contribution in [0.1, 0.15) is 44.1 Å². The van der Waals surface area contributed by atoms with Crippen LogP contribution in [0.3, 0.4) is 0 Å². The van der Waals surface area contributed by atoms with Crippen molar-refractivity contribution in [3.05, 3.63) is 66.1 Å². The first-order chi connectivity index (χ1) is 18.8. The van der Waals surface area contributed by atoms with E-state index in [-0.39, 0.29) is 30.4 Å². The fourth-order valence-corrected chi connectivity index (χ4v) is 5.63. The lowest BCUT2D eigenvalue weighted by molar-refractivity contribution is -0.137. The Hall–Kier alpha value is -3.56. The van der Waals surface area contributed by atoms with E-state index in [0.717, 1.165) is 30.3 Å². The zero-order chi connectivity index (χ0) is 27.8. The van der Waals surface area contributed by atoms with Gasteiger partial charge in [0, 0.05) is 48.1 Å². The lowest BCUT2D eigenvalue weighted by atomic mass is 9.72. The molecule has 0 radical (unpaired) electrons. The second-order valence-electron chi connectivity index (χ2n) is 10.2. The highest BCUT2D eigenvalue weighted by Gasteiger charge is 2.43. The van der Waals surface area contributed by atoms with E-state index in [0.29, 0.717) is 43.5 Å². The van der Waals surface area contributed by atoms with E-state index in [2.05, 4.69) is 10.3 Å². The van der Waals surface area contributed by atoms with Gasteiger partial charge in [0.15, 0.2) is 0 Å². The molecule has 208 valence electrons. The number of pyridine rings is 1. The molecule has 2 amide bonds. The normalized spacial score (nSPS) is 17.1. The zero-order valence-electron chi connectivity index (χ0n) is 22.4. The molecule has 1 aliphatic heterocycles. The standard InChI is InChI=1S/C30H37FN4O4/c1-33-15-5-13-27(36)35-16-6-9-23(20-35)30(38,14-7-17-39-29(32)37)24-10-4-11-25(31)28(24)22-18-21-8-2-3-12-26(21)34-19-22/h2-4,8,10-12,18-19,23,33,38H,5-7,9,13-17,20H2,1H3,(H2,32,37)/t23?,30-/m0/s1. The summed E-state index contributed by atoms with van der Waals surface area (Å²) in [6.45, 7) is 1.76. The molecule has 1 unspecified atom stereocenters. The molecule has 3 aromatic rings. The van der Waals surface area contributed by atoms with Crippen molar-refractivity contribution in [2.24, 2.45) is 11.7 Å². The third-order valence-electron chi connectivity index (χ3n) is 7.57. The Labute approximate surface area is 228 Å². The van der Waals surface area contributed by atoms with Gasteiger partial charge in [0.2, 0.25) is 5.91 Å². The van der Waals surface area contributed by atoms with E-state index < -0.39 is 17.5 Å². The Kier molecular flexibility index (Phi) is 9.48. The third-order valence-corrected chi connectivity index (χ3v) is 7.57. The zero-order valence-corrected chi connectivity index (χ0v) is 22.4. The summed E-state index contributed by atoms with van der Waals surface area (Å²) in [4.78, 5) is 30.4. The average molecular weight is 537 g/mol. The molecule has 0 aliphatic carbocycles. The predicted octanol–water partition coefficient (Wildman–Crippen LogP) is 4.34. The topological polar surface area (TPSA) is 118 Å². The van der Waals surface area contributed by atoms with Gasteiger partial charge in [0.1, 0.15) is 5.82 Å². The minimum absolute atomic E-state index is 0.0270. The number of primary amides is 1. The van der Waals surface area contributed by atoms with Crippen LogP contribution < -0.4 is 11.1 Å². The van der Waals surface area contributed by atoms with Gasteiger partial charge >= 0.3 is 6.09 Å². The fourth-order valence-electron chi connectivity index (χ4n) is 5.63. The first kappa shape index (κ1) is 28.4. The minimum Gasteiger partial charge on any atom is -0.450 e. The Bertz CT molecular complexity index is 1300. The van der Waals surface area contributed by atoms with Crippen molar-refractivity contribution < 1.29 is 23.8 Å². The van der Waals surface area contributed by atoms with Crippen LogP contribution in [0.2, 0.25) is 0 Å². The molecule has 8 nitrogen and oxygen atoms in total. The molecule has 39 heavy (non-hydrogen) atoms. The van der Waals surface area contributed by atoms with E-state index in [1.807, 2.05) is 42.3 Å². The van der Waals surface area contributed by atoms with Crippen molar-refractivity contribution in [3.63, 3.8) is 0 Å². The maximum Gasteiger partial charge on any atom is 0.404 e. The Morgan fingerprint density at radius 3 is 2.85 bits per heavy atom. The summed E-state index contributed by atoms with van der Waals surface area (Å²) in [5, 5.41) is 16.4. The number of aromatic nitrogens is 1. The number of nitrogens with two attached hydrogens (primary N) is 1. The third kappa shape index (κ3) is 6.72. The second-order valence-corrected chi connectivity index (χ2v) is 10.2. The average Bonchev–Trinajstić information content (AvgIpc) is 2.95. The van der Waals surface area contributed by atoms with Crippen LogP contribution in [0.15, 0.2) is 54.7 Å². The minimum atomic E-state index is -1.49. The highest BCUT2D eigenvalue weighted by Crippen LogP contribution is 2.44. The second kappa shape index (κ2) is 13.0. The van der Waals surface area contributed by atoms with Gasteiger partial charge < -0.3 is 25.8 Å². The Morgan fingerprint density at radius 1 is 1.23 bits per heavy atom. The van der Waals surface area contributed by atoms with E-state index in [9.17, 15) is 14.7 Å². The molecule has 2 atom stereocenters. The number of carbonyl (C=O) groups is 2. The number of ether oxygens (including phenoxy) is 1. The van der Waals surface area contributed by atoms with Crippen LogP contribution in [0.25, 0.3) is 22.0 Å². The van der Waals surface area contributed by atoms with Crippen LogP contribution in [0.5, 0.6) is 0 Å². The van der Waals surface area contributed by atoms with Crippen LogP contribution in [-0.2, 0) is 15.1 Å². The van der Waals surface area contributed by atoms with E-state index in [4.69, 9.17) is 10.5 Å². The SMILES string of the molecule is CNCCCC(=O)N1CCCC([C@@](O)(CCCOC(N)=O)c2cccc(F)c2-c2cnc3ccccc3c2)C1. The quantitative estimate of drug-likeness (QED) is 0.314. The van der Waals surface area contributed by atoms with Gasteiger partial charge in [-0.25, -0.2) is 9.18 Å². The van der Waals surface area contributed by atoms with Crippen molar-refractivity contribution in [2.45, 2.75) is 44.1 Å². The first-order valence-corrected chi connectivity index (χ1v) is 13.5. The number of rotatable bonds is 11. The number of likely N-dealkylation sites (tertiary alicyclic amines) is 1. The number of hydrogen-bond acceptors (Lipinski definition) is 6. The molecule has 0 bridgehead atoms. The lowest BCUT2D eigenvalue weighted by Gasteiger charge is -2.43. The molecule has 0 spiro atoms. The van der Waals surface area contributed by atoms with E-state index in [1.165, 1.54) is 6.07 Å². The number of nitrogens with zero attached hydrogens (tertiary/aromatic N) is 2. The molecule has 2 aromatic carbocycles. The van der Waals surface area contributed by atoms with Crippen molar-refractivity contribution in [3.8, 4) is 11.1 Å². The Balaban J connectivity index is 1.72. The number of aliphatic hydroxyl groups is 1. The van der Waals surface area contributed by atoms with Crippen molar-refractivity contribution in [1.29, 1.82) is 0 Å². The molecule has 9 heteroatoms. The van der Waals surface area contributed by atoms with Crippen LogP contribution >= 0.6 is 0 Å². The molecule has 1 fully saturated rings. The van der Waals surface area contributed by atoms with Crippen molar-refractivity contribution >= 4 is 22.9 Å². The van der Waals surface area contributed by atoms with Gasteiger partial charge in [-0.15, -0.1) is 0 Å². The van der Waals surface area contributed by atoms with Gasteiger partial charge in [-0.2, -0.15) is 0 Å². The molecular formula is C30H37FN4O4. The number of benzene rings is 2. The van der Waals surface area contributed by atoms with Crippen LogP contribution in [0.4, 0.5) is 9.18 Å². The summed E-state index contributed by atoms with van der Waals surface area (Å²) in [6.07, 6.45) is 3.80. The Morgan fingerprint density at radius 2 is 2.05 bits per heavy atom. The molecule has 1 aromatic heterocycles. The number of amides is 2. The molecular weight excluding hydrogens is 499 g/mol. The molecule has 4 rings (SSSR count). The highest BCUT2D eigenvalue weighted by atomic mass is 19.1. The lowest BCUT2D eigenvalue weighted by Crippen LogP contribution is -2.48. The van der Waals surface area contributed by atoms with E-state index >= 15 is 4.39 Å². The maximum atomic E-state index is 15.6. The van der Waals surface area contributed by atoms with Crippen molar-refractivity contribution in [1.82, 2.24) is 15.2 Å². The van der Waals surface area contributed by atoms with Crippen molar-refractivity contribution in [2.75, 3.05) is 33.3 Å². The molecule has 4 N–H and O–H groups in total. The largest absolute Gasteiger partial charge is 0.450 e.